The van der Waals surface area contributed by atoms with E-state index in [2.05, 4.69) is 46.6 Å². The van der Waals surface area contributed by atoms with Crippen LogP contribution in [0.3, 0.4) is 0 Å². The SMILES string of the molecule is Cl.O=C(Nc1sc2c(c1-c1nc3ccccc3s1)CCN(Cc1ccccc1)C2)c1cc2ccccc2o1. The molecule has 3 aromatic carbocycles. The maximum absolute atomic E-state index is 13.3. The molecule has 1 amide bonds. The molecule has 0 saturated carbocycles. The van der Waals surface area contributed by atoms with Crippen molar-refractivity contribution in [3.05, 3.63) is 107 Å². The minimum atomic E-state index is -0.238. The molecule has 7 rings (SSSR count). The summed E-state index contributed by atoms with van der Waals surface area (Å²) < 4.78 is 7.00. The highest BCUT2D eigenvalue weighted by molar-refractivity contribution is 7.23. The fourth-order valence-corrected chi connectivity index (χ4v) is 7.38. The molecule has 3 aromatic heterocycles. The monoisotopic (exact) mass is 557 g/mol. The summed E-state index contributed by atoms with van der Waals surface area (Å²) in [5.74, 6) is 0.0758. The maximum atomic E-state index is 13.3. The van der Waals surface area contributed by atoms with Gasteiger partial charge in [-0.2, -0.15) is 0 Å². The van der Waals surface area contributed by atoms with Gasteiger partial charge in [0, 0.05) is 35.5 Å². The van der Waals surface area contributed by atoms with E-state index in [9.17, 15) is 4.79 Å². The lowest BCUT2D eigenvalue weighted by Gasteiger charge is -2.27. The van der Waals surface area contributed by atoms with Gasteiger partial charge in [-0.15, -0.1) is 35.1 Å². The van der Waals surface area contributed by atoms with Gasteiger partial charge in [-0.1, -0.05) is 60.7 Å². The largest absolute Gasteiger partial charge is 0.451 e. The van der Waals surface area contributed by atoms with Crippen LogP contribution in [0.15, 0.2) is 89.3 Å². The molecule has 190 valence electrons. The molecule has 1 N–H and O–H groups in total. The highest BCUT2D eigenvalue weighted by Gasteiger charge is 2.28. The van der Waals surface area contributed by atoms with Crippen LogP contribution >= 0.6 is 35.1 Å². The second-order valence-electron chi connectivity index (χ2n) is 9.24. The summed E-state index contributed by atoms with van der Waals surface area (Å²) in [6.07, 6.45) is 0.921. The lowest BCUT2D eigenvalue weighted by atomic mass is 10.0. The van der Waals surface area contributed by atoms with E-state index < -0.39 is 0 Å². The van der Waals surface area contributed by atoms with Gasteiger partial charge in [0.25, 0.3) is 5.91 Å². The molecule has 8 heteroatoms. The summed E-state index contributed by atoms with van der Waals surface area (Å²) in [4.78, 5) is 22.1. The fourth-order valence-electron chi connectivity index (χ4n) is 4.98. The van der Waals surface area contributed by atoms with E-state index in [-0.39, 0.29) is 18.3 Å². The second kappa shape index (κ2) is 10.3. The normalized spacial score (nSPS) is 13.4. The first-order chi connectivity index (χ1) is 18.2. The van der Waals surface area contributed by atoms with E-state index in [0.29, 0.717) is 11.3 Å². The van der Waals surface area contributed by atoms with Gasteiger partial charge in [-0.25, -0.2) is 4.98 Å². The van der Waals surface area contributed by atoms with Gasteiger partial charge in [-0.3, -0.25) is 9.69 Å². The average Bonchev–Trinajstić information content (AvgIpc) is 3.63. The zero-order valence-corrected chi connectivity index (χ0v) is 22.8. The summed E-state index contributed by atoms with van der Waals surface area (Å²) in [5, 5.41) is 5.90. The van der Waals surface area contributed by atoms with Crippen molar-refractivity contribution < 1.29 is 9.21 Å². The van der Waals surface area contributed by atoms with Crippen LogP contribution in [0.25, 0.3) is 31.8 Å². The van der Waals surface area contributed by atoms with Gasteiger partial charge in [-0.05, 0) is 41.8 Å². The lowest BCUT2D eigenvalue weighted by Crippen LogP contribution is -2.29. The first-order valence-electron chi connectivity index (χ1n) is 12.3. The van der Waals surface area contributed by atoms with Crippen molar-refractivity contribution in [1.82, 2.24) is 9.88 Å². The van der Waals surface area contributed by atoms with Crippen LogP contribution in [0, 0.1) is 0 Å². The van der Waals surface area contributed by atoms with Crippen molar-refractivity contribution in [2.45, 2.75) is 19.5 Å². The van der Waals surface area contributed by atoms with Crippen molar-refractivity contribution in [2.75, 3.05) is 11.9 Å². The van der Waals surface area contributed by atoms with Crippen LogP contribution in [-0.2, 0) is 19.5 Å². The van der Waals surface area contributed by atoms with Crippen LogP contribution < -0.4 is 5.32 Å². The molecule has 0 radical (unpaired) electrons. The summed E-state index contributed by atoms with van der Waals surface area (Å²) in [6, 6.07) is 28.3. The fraction of sp³-hybridized carbons (Fsp3) is 0.133. The molecule has 4 heterocycles. The Morgan fingerprint density at radius 1 is 0.974 bits per heavy atom. The van der Waals surface area contributed by atoms with E-state index >= 15 is 0 Å². The Morgan fingerprint density at radius 2 is 1.76 bits per heavy atom. The zero-order chi connectivity index (χ0) is 24.8. The minimum absolute atomic E-state index is 0. The molecule has 0 fully saturated rings. The topological polar surface area (TPSA) is 58.4 Å². The number of halogens is 1. The number of amides is 1. The number of thiophene rings is 1. The highest BCUT2D eigenvalue weighted by Crippen LogP contribution is 2.46. The number of hydrogen-bond acceptors (Lipinski definition) is 6. The summed E-state index contributed by atoms with van der Waals surface area (Å²) in [7, 11) is 0. The summed E-state index contributed by atoms with van der Waals surface area (Å²) in [6.45, 7) is 2.73. The number of fused-ring (bicyclic) bond motifs is 3. The van der Waals surface area contributed by atoms with Crippen LogP contribution in [0.5, 0.6) is 0 Å². The van der Waals surface area contributed by atoms with Crippen LogP contribution in [0.4, 0.5) is 5.00 Å². The number of furan rings is 1. The lowest BCUT2D eigenvalue weighted by molar-refractivity contribution is 0.0999. The number of nitrogens with zero attached hydrogens (tertiary/aromatic N) is 2. The molecule has 0 spiro atoms. The molecule has 0 aliphatic carbocycles. The molecule has 1 aliphatic rings. The van der Waals surface area contributed by atoms with E-state index in [4.69, 9.17) is 9.40 Å². The molecule has 0 unspecified atom stereocenters. The van der Waals surface area contributed by atoms with Crippen molar-refractivity contribution in [1.29, 1.82) is 0 Å². The van der Waals surface area contributed by atoms with E-state index in [0.717, 1.165) is 57.2 Å². The van der Waals surface area contributed by atoms with Gasteiger partial charge >= 0.3 is 0 Å². The third kappa shape index (κ3) is 4.63. The smallest absolute Gasteiger partial charge is 0.292 e. The van der Waals surface area contributed by atoms with Gasteiger partial charge in [0.1, 0.15) is 15.6 Å². The molecule has 0 atom stereocenters. The number of para-hydroxylation sites is 2. The summed E-state index contributed by atoms with van der Waals surface area (Å²) >= 11 is 3.34. The predicted molar refractivity (Wildman–Crippen MR) is 159 cm³/mol. The number of aromatic nitrogens is 1. The van der Waals surface area contributed by atoms with Crippen LogP contribution in [-0.4, -0.2) is 22.3 Å². The minimum Gasteiger partial charge on any atom is -0.451 e. The maximum Gasteiger partial charge on any atom is 0.292 e. The third-order valence-corrected chi connectivity index (χ3v) is 8.96. The number of carbonyl (C=O) groups is 1. The number of anilines is 1. The third-order valence-electron chi connectivity index (χ3n) is 6.77. The van der Waals surface area contributed by atoms with Crippen molar-refractivity contribution in [3.63, 3.8) is 0 Å². The number of carbonyl (C=O) groups excluding carboxylic acids is 1. The average molecular weight is 558 g/mol. The number of rotatable bonds is 5. The standard InChI is InChI=1S/C30H23N3O2S2.ClH/c34-28(24-16-20-10-4-6-12-23(20)35-24)32-30-27(29-31-22-11-5-7-13-25(22)36-29)21-14-15-33(18-26(21)37-30)17-19-8-2-1-3-9-19;/h1-13,16H,14-15,17-18H2,(H,32,34);1H. The van der Waals surface area contributed by atoms with Crippen molar-refractivity contribution >= 4 is 67.2 Å². The Kier molecular flexibility index (Phi) is 6.76. The zero-order valence-electron chi connectivity index (χ0n) is 20.3. The van der Waals surface area contributed by atoms with Gasteiger partial charge in [0.05, 0.1) is 10.2 Å². The quantitative estimate of drug-likeness (QED) is 0.233. The van der Waals surface area contributed by atoms with Crippen LogP contribution in [0.2, 0.25) is 0 Å². The van der Waals surface area contributed by atoms with E-state index in [1.807, 2.05) is 42.5 Å². The predicted octanol–water partition coefficient (Wildman–Crippen LogP) is 8.00. The van der Waals surface area contributed by atoms with Crippen LogP contribution in [0.1, 0.15) is 26.6 Å². The number of thiazole rings is 1. The Morgan fingerprint density at radius 3 is 2.61 bits per heavy atom. The molecule has 1 aliphatic heterocycles. The van der Waals surface area contributed by atoms with E-state index in [1.165, 1.54) is 16.0 Å². The Balaban J connectivity index is 0.00000264. The van der Waals surface area contributed by atoms with Gasteiger partial charge in [0.2, 0.25) is 0 Å². The Hall–Kier alpha value is -3.49. The first-order valence-corrected chi connectivity index (χ1v) is 13.9. The highest BCUT2D eigenvalue weighted by atomic mass is 35.5. The van der Waals surface area contributed by atoms with Crippen molar-refractivity contribution in [3.8, 4) is 10.6 Å². The molecular formula is C30H24ClN3O2S2. The number of benzene rings is 3. The molecular weight excluding hydrogens is 534 g/mol. The van der Waals surface area contributed by atoms with E-state index in [1.54, 1.807) is 28.7 Å². The molecule has 0 saturated heterocycles. The molecule has 5 nitrogen and oxygen atoms in total. The first kappa shape index (κ1) is 24.8. The number of nitrogens with one attached hydrogen (secondary N) is 1. The Bertz CT molecular complexity index is 1690. The molecule has 38 heavy (non-hydrogen) atoms. The molecule has 6 aromatic rings. The Labute approximate surface area is 234 Å². The molecule has 0 bridgehead atoms. The summed E-state index contributed by atoms with van der Waals surface area (Å²) in [5.41, 5.74) is 5.37. The number of hydrogen-bond donors (Lipinski definition) is 1. The van der Waals surface area contributed by atoms with Gasteiger partial charge in [0.15, 0.2) is 5.76 Å². The van der Waals surface area contributed by atoms with Crippen molar-refractivity contribution in [2.24, 2.45) is 0 Å². The second-order valence-corrected chi connectivity index (χ2v) is 11.4. The van der Waals surface area contributed by atoms with Gasteiger partial charge < -0.3 is 9.73 Å².